The van der Waals surface area contributed by atoms with E-state index in [1.54, 1.807) is 6.07 Å². The largest absolute Gasteiger partial charge is 0.484 e. The lowest BCUT2D eigenvalue weighted by molar-refractivity contribution is -0.137. The molecule has 0 unspecified atom stereocenters. The minimum atomic E-state index is -4.47. The molecular formula is C21H23F3N2O2. The van der Waals surface area contributed by atoms with Gasteiger partial charge in [0.2, 0.25) is 0 Å². The van der Waals surface area contributed by atoms with E-state index in [2.05, 4.69) is 5.32 Å². The molecule has 0 atom stereocenters. The number of carbonyl (C=O) groups excluding carboxylic acids is 1. The smallest absolute Gasteiger partial charge is 0.416 e. The van der Waals surface area contributed by atoms with Crippen molar-refractivity contribution in [2.45, 2.75) is 32.9 Å². The van der Waals surface area contributed by atoms with Crippen molar-refractivity contribution in [2.75, 3.05) is 29.9 Å². The summed E-state index contributed by atoms with van der Waals surface area (Å²) in [5, 5.41) is 2.59. The molecule has 1 saturated heterocycles. The highest BCUT2D eigenvalue weighted by atomic mass is 19.4. The SMILES string of the molecule is Cc1ccc(OCC(=O)Nc2cc(C(F)(F)F)ccc2N2CCCC2)cc1C. The molecule has 0 aromatic heterocycles. The van der Waals surface area contributed by atoms with Crippen LogP contribution < -0.4 is 15.0 Å². The lowest BCUT2D eigenvalue weighted by atomic mass is 10.1. The third-order valence-electron chi connectivity index (χ3n) is 4.89. The third kappa shape index (κ3) is 4.77. The summed E-state index contributed by atoms with van der Waals surface area (Å²) >= 11 is 0. The summed E-state index contributed by atoms with van der Waals surface area (Å²) in [5.41, 5.74) is 2.11. The number of halogens is 3. The number of hydrogen-bond acceptors (Lipinski definition) is 3. The molecule has 2 aromatic rings. The van der Waals surface area contributed by atoms with Gasteiger partial charge in [0.1, 0.15) is 5.75 Å². The molecule has 0 saturated carbocycles. The van der Waals surface area contributed by atoms with Gasteiger partial charge < -0.3 is 15.0 Å². The molecule has 0 radical (unpaired) electrons. The normalized spacial score (nSPS) is 14.2. The maximum absolute atomic E-state index is 13.1. The Bertz CT molecular complexity index is 859. The summed E-state index contributed by atoms with van der Waals surface area (Å²) in [6, 6.07) is 8.93. The molecule has 2 aromatic carbocycles. The molecule has 1 N–H and O–H groups in total. The number of nitrogens with one attached hydrogen (secondary N) is 1. The van der Waals surface area contributed by atoms with E-state index in [1.165, 1.54) is 6.07 Å². The predicted molar refractivity (Wildman–Crippen MR) is 103 cm³/mol. The molecule has 1 amide bonds. The third-order valence-corrected chi connectivity index (χ3v) is 4.89. The number of ether oxygens (including phenoxy) is 1. The highest BCUT2D eigenvalue weighted by Crippen LogP contribution is 2.36. The molecule has 0 bridgehead atoms. The van der Waals surface area contributed by atoms with Crippen LogP contribution >= 0.6 is 0 Å². The summed E-state index contributed by atoms with van der Waals surface area (Å²) in [6.07, 6.45) is -2.52. The monoisotopic (exact) mass is 392 g/mol. The van der Waals surface area contributed by atoms with E-state index < -0.39 is 17.6 Å². The molecular weight excluding hydrogens is 369 g/mol. The predicted octanol–water partition coefficient (Wildman–Crippen LogP) is 4.94. The minimum absolute atomic E-state index is 0.158. The van der Waals surface area contributed by atoms with Crippen molar-refractivity contribution >= 4 is 17.3 Å². The molecule has 1 heterocycles. The number of benzene rings is 2. The van der Waals surface area contributed by atoms with E-state index in [4.69, 9.17) is 4.74 Å². The van der Waals surface area contributed by atoms with Gasteiger partial charge in [-0.3, -0.25) is 4.79 Å². The van der Waals surface area contributed by atoms with E-state index in [0.29, 0.717) is 11.4 Å². The number of hydrogen-bond donors (Lipinski definition) is 1. The molecule has 1 fully saturated rings. The van der Waals surface area contributed by atoms with Crippen molar-refractivity contribution in [1.29, 1.82) is 0 Å². The zero-order valence-electron chi connectivity index (χ0n) is 15.9. The van der Waals surface area contributed by atoms with E-state index in [0.717, 1.165) is 49.2 Å². The van der Waals surface area contributed by atoms with Crippen molar-refractivity contribution < 1.29 is 22.7 Å². The zero-order chi connectivity index (χ0) is 20.3. The number of anilines is 2. The average Bonchev–Trinajstić information content (AvgIpc) is 3.16. The molecule has 0 spiro atoms. The second-order valence-electron chi connectivity index (χ2n) is 7.01. The van der Waals surface area contributed by atoms with Crippen LogP contribution in [0.2, 0.25) is 0 Å². The Morgan fingerprint density at radius 3 is 2.43 bits per heavy atom. The van der Waals surface area contributed by atoms with Crippen LogP contribution in [0.25, 0.3) is 0 Å². The van der Waals surface area contributed by atoms with Gasteiger partial charge in [-0.05, 0) is 68.1 Å². The van der Waals surface area contributed by atoms with E-state index in [-0.39, 0.29) is 12.3 Å². The maximum atomic E-state index is 13.1. The van der Waals surface area contributed by atoms with Gasteiger partial charge in [-0.25, -0.2) is 0 Å². The summed E-state index contributed by atoms with van der Waals surface area (Å²) in [7, 11) is 0. The van der Waals surface area contributed by atoms with Gasteiger partial charge in [0.15, 0.2) is 6.61 Å². The first-order valence-corrected chi connectivity index (χ1v) is 9.20. The number of rotatable bonds is 5. The standard InChI is InChI=1S/C21H23F3N2O2/c1-14-5-7-17(11-15(14)2)28-13-20(27)25-18-12-16(21(22,23)24)6-8-19(18)26-9-3-4-10-26/h5-8,11-12H,3-4,9-10,13H2,1-2H3,(H,25,27). The molecule has 150 valence electrons. The number of aryl methyl sites for hydroxylation is 2. The number of alkyl halides is 3. The van der Waals surface area contributed by atoms with Crippen molar-refractivity contribution in [2.24, 2.45) is 0 Å². The topological polar surface area (TPSA) is 41.6 Å². The van der Waals surface area contributed by atoms with Crippen LogP contribution in [0.1, 0.15) is 29.5 Å². The molecule has 1 aliphatic rings. The van der Waals surface area contributed by atoms with Crippen molar-refractivity contribution in [3.8, 4) is 5.75 Å². The molecule has 0 aliphatic carbocycles. The fourth-order valence-electron chi connectivity index (χ4n) is 3.19. The van der Waals surface area contributed by atoms with Crippen molar-refractivity contribution in [3.05, 3.63) is 53.1 Å². The minimum Gasteiger partial charge on any atom is -0.484 e. The van der Waals surface area contributed by atoms with Gasteiger partial charge in [-0.15, -0.1) is 0 Å². The number of nitrogens with zero attached hydrogens (tertiary/aromatic N) is 1. The fraction of sp³-hybridized carbons (Fsp3) is 0.381. The number of amides is 1. The Morgan fingerprint density at radius 1 is 1.07 bits per heavy atom. The Labute approximate surface area is 162 Å². The van der Waals surface area contributed by atoms with Crippen LogP contribution in [-0.2, 0) is 11.0 Å². The van der Waals surface area contributed by atoms with Crippen LogP contribution in [-0.4, -0.2) is 25.6 Å². The first kappa shape index (κ1) is 20.0. The second kappa shape index (κ2) is 8.12. The first-order valence-electron chi connectivity index (χ1n) is 9.20. The summed E-state index contributed by atoms with van der Waals surface area (Å²) in [4.78, 5) is 14.3. The van der Waals surface area contributed by atoms with E-state index in [9.17, 15) is 18.0 Å². The molecule has 28 heavy (non-hydrogen) atoms. The van der Waals surface area contributed by atoms with Crippen LogP contribution in [0, 0.1) is 13.8 Å². The van der Waals surface area contributed by atoms with E-state index >= 15 is 0 Å². The van der Waals surface area contributed by atoms with Crippen LogP contribution in [0.3, 0.4) is 0 Å². The molecule has 3 rings (SSSR count). The van der Waals surface area contributed by atoms with Crippen LogP contribution in [0.5, 0.6) is 5.75 Å². The van der Waals surface area contributed by atoms with Gasteiger partial charge in [-0.1, -0.05) is 6.07 Å². The average molecular weight is 392 g/mol. The van der Waals surface area contributed by atoms with Gasteiger partial charge in [-0.2, -0.15) is 13.2 Å². The van der Waals surface area contributed by atoms with Crippen molar-refractivity contribution in [3.63, 3.8) is 0 Å². The maximum Gasteiger partial charge on any atom is 0.416 e. The lowest BCUT2D eigenvalue weighted by Gasteiger charge is -2.23. The van der Waals surface area contributed by atoms with Gasteiger partial charge in [0, 0.05) is 13.1 Å². The summed E-state index contributed by atoms with van der Waals surface area (Å²) < 4.78 is 44.8. The molecule has 7 heteroatoms. The lowest BCUT2D eigenvalue weighted by Crippen LogP contribution is -2.24. The Hall–Kier alpha value is -2.70. The Morgan fingerprint density at radius 2 is 1.79 bits per heavy atom. The van der Waals surface area contributed by atoms with Gasteiger partial charge >= 0.3 is 6.18 Å². The quantitative estimate of drug-likeness (QED) is 0.784. The summed E-state index contributed by atoms with van der Waals surface area (Å²) in [5.74, 6) is 0.0417. The number of carbonyl (C=O) groups is 1. The van der Waals surface area contributed by atoms with Crippen LogP contribution in [0.15, 0.2) is 36.4 Å². The van der Waals surface area contributed by atoms with Gasteiger partial charge in [0.05, 0.1) is 16.9 Å². The highest BCUT2D eigenvalue weighted by Gasteiger charge is 2.32. The van der Waals surface area contributed by atoms with Gasteiger partial charge in [0.25, 0.3) is 5.91 Å². The molecule has 4 nitrogen and oxygen atoms in total. The zero-order valence-corrected chi connectivity index (χ0v) is 15.9. The first-order chi connectivity index (χ1) is 13.2. The van der Waals surface area contributed by atoms with Crippen LogP contribution in [0.4, 0.5) is 24.5 Å². The van der Waals surface area contributed by atoms with E-state index in [1.807, 2.05) is 30.9 Å². The summed E-state index contributed by atoms with van der Waals surface area (Å²) in [6.45, 7) is 5.14. The second-order valence-corrected chi connectivity index (χ2v) is 7.01. The van der Waals surface area contributed by atoms with Crippen molar-refractivity contribution in [1.82, 2.24) is 0 Å². The fourth-order valence-corrected chi connectivity index (χ4v) is 3.19. The Kier molecular flexibility index (Phi) is 5.82. The Balaban J connectivity index is 1.74. The highest BCUT2D eigenvalue weighted by molar-refractivity contribution is 5.95. The molecule has 1 aliphatic heterocycles.